The molecule has 2 N–H and O–H groups in total. The molecule has 0 saturated carbocycles. The predicted molar refractivity (Wildman–Crippen MR) is 81.7 cm³/mol. The molecule has 0 fully saturated rings. The van der Waals surface area contributed by atoms with Crippen molar-refractivity contribution in [1.82, 2.24) is 14.7 Å². The zero-order valence-corrected chi connectivity index (χ0v) is 12.9. The van der Waals surface area contributed by atoms with E-state index in [4.69, 9.17) is 11.6 Å². The summed E-state index contributed by atoms with van der Waals surface area (Å²) in [6.45, 7) is 2.72. The third-order valence-electron chi connectivity index (χ3n) is 2.63. The van der Waals surface area contributed by atoms with Crippen LogP contribution in [-0.2, 0) is 16.6 Å². The van der Waals surface area contributed by atoms with Crippen LogP contribution in [0.25, 0.3) is 0 Å². The second kappa shape index (κ2) is 6.84. The molecular weight excluding hydrogens is 312 g/mol. The third kappa shape index (κ3) is 4.38. The quantitative estimate of drug-likeness (QED) is 0.848. The molecular formula is C13H15ClN4O2S. The van der Waals surface area contributed by atoms with Crippen LogP contribution in [0.2, 0.25) is 5.02 Å². The first-order chi connectivity index (χ1) is 10.0. The number of anilines is 1. The highest BCUT2D eigenvalue weighted by Gasteiger charge is 2.15. The van der Waals surface area contributed by atoms with Crippen molar-refractivity contribution in [3.63, 3.8) is 0 Å². The molecule has 0 atom stereocenters. The maximum atomic E-state index is 12.1. The fourth-order valence-corrected chi connectivity index (χ4v) is 2.73. The van der Waals surface area contributed by atoms with Gasteiger partial charge in [0.1, 0.15) is 4.90 Å². The molecule has 2 aromatic rings. The standard InChI is InChI=1S/C13H15ClN4O2S/c1-2-15-13-16-8-12(9-17-13)21(19,20)18-7-10-4-3-5-11(14)6-10/h3-6,8-9,18H,2,7H2,1H3,(H,15,16,17). The molecule has 112 valence electrons. The molecule has 0 aliphatic carbocycles. The van der Waals surface area contributed by atoms with Crippen LogP contribution in [0.1, 0.15) is 12.5 Å². The lowest BCUT2D eigenvalue weighted by Gasteiger charge is -2.07. The number of rotatable bonds is 6. The van der Waals surface area contributed by atoms with E-state index in [0.29, 0.717) is 17.5 Å². The Morgan fingerprint density at radius 2 is 1.95 bits per heavy atom. The zero-order chi connectivity index (χ0) is 15.3. The van der Waals surface area contributed by atoms with Gasteiger partial charge in [-0.25, -0.2) is 23.1 Å². The molecule has 21 heavy (non-hydrogen) atoms. The van der Waals surface area contributed by atoms with Gasteiger partial charge in [0.15, 0.2) is 0 Å². The fourth-order valence-electron chi connectivity index (χ4n) is 1.61. The van der Waals surface area contributed by atoms with Crippen LogP contribution in [0, 0.1) is 0 Å². The largest absolute Gasteiger partial charge is 0.355 e. The van der Waals surface area contributed by atoms with Crippen molar-refractivity contribution in [2.24, 2.45) is 0 Å². The van der Waals surface area contributed by atoms with Crippen LogP contribution < -0.4 is 10.0 Å². The third-order valence-corrected chi connectivity index (χ3v) is 4.22. The number of nitrogens with one attached hydrogen (secondary N) is 2. The summed E-state index contributed by atoms with van der Waals surface area (Å²) in [7, 11) is -3.65. The van der Waals surface area contributed by atoms with Crippen molar-refractivity contribution in [3.8, 4) is 0 Å². The van der Waals surface area contributed by atoms with E-state index in [0.717, 1.165) is 5.56 Å². The lowest BCUT2D eigenvalue weighted by atomic mass is 10.2. The Morgan fingerprint density at radius 1 is 1.24 bits per heavy atom. The van der Waals surface area contributed by atoms with Gasteiger partial charge in [0.25, 0.3) is 0 Å². The summed E-state index contributed by atoms with van der Waals surface area (Å²) in [5.74, 6) is 0.395. The Morgan fingerprint density at radius 3 is 2.57 bits per heavy atom. The first-order valence-electron chi connectivity index (χ1n) is 6.31. The molecule has 0 saturated heterocycles. The van der Waals surface area contributed by atoms with Gasteiger partial charge in [-0.2, -0.15) is 0 Å². The highest BCUT2D eigenvalue weighted by Crippen LogP contribution is 2.12. The first-order valence-corrected chi connectivity index (χ1v) is 8.17. The van der Waals surface area contributed by atoms with Gasteiger partial charge in [0.05, 0.1) is 12.4 Å². The Bertz CT molecular complexity index is 704. The molecule has 1 aromatic heterocycles. The van der Waals surface area contributed by atoms with E-state index in [1.54, 1.807) is 24.3 Å². The molecule has 1 aromatic carbocycles. The monoisotopic (exact) mass is 326 g/mol. The number of nitrogens with zero attached hydrogens (tertiary/aromatic N) is 2. The Balaban J connectivity index is 2.07. The van der Waals surface area contributed by atoms with Crippen LogP contribution in [-0.4, -0.2) is 24.9 Å². The van der Waals surface area contributed by atoms with E-state index < -0.39 is 10.0 Å². The number of hydrogen-bond acceptors (Lipinski definition) is 5. The molecule has 0 spiro atoms. The minimum atomic E-state index is -3.65. The van der Waals surface area contributed by atoms with E-state index >= 15 is 0 Å². The molecule has 8 heteroatoms. The van der Waals surface area contributed by atoms with E-state index in [1.165, 1.54) is 12.4 Å². The van der Waals surface area contributed by atoms with Crippen LogP contribution >= 0.6 is 11.6 Å². The Hall–Kier alpha value is -1.70. The summed E-state index contributed by atoms with van der Waals surface area (Å²) in [6.07, 6.45) is 2.54. The molecule has 0 amide bonds. The zero-order valence-electron chi connectivity index (χ0n) is 11.4. The summed E-state index contributed by atoms with van der Waals surface area (Å²) < 4.78 is 26.7. The van der Waals surface area contributed by atoms with Crippen LogP contribution in [0.15, 0.2) is 41.6 Å². The van der Waals surface area contributed by atoms with Crippen LogP contribution in [0.5, 0.6) is 0 Å². The van der Waals surface area contributed by atoms with Gasteiger partial charge >= 0.3 is 0 Å². The number of halogens is 1. The minimum Gasteiger partial charge on any atom is -0.355 e. The maximum absolute atomic E-state index is 12.1. The molecule has 0 unspecified atom stereocenters. The molecule has 0 aliphatic rings. The summed E-state index contributed by atoms with van der Waals surface area (Å²) in [5, 5.41) is 3.46. The van der Waals surface area contributed by atoms with E-state index in [1.807, 2.05) is 6.92 Å². The van der Waals surface area contributed by atoms with Gasteiger partial charge < -0.3 is 5.32 Å². The lowest BCUT2D eigenvalue weighted by molar-refractivity contribution is 0.580. The highest BCUT2D eigenvalue weighted by molar-refractivity contribution is 7.89. The van der Waals surface area contributed by atoms with E-state index in [2.05, 4.69) is 20.0 Å². The van der Waals surface area contributed by atoms with Crippen molar-refractivity contribution < 1.29 is 8.42 Å². The number of aromatic nitrogens is 2. The number of benzene rings is 1. The van der Waals surface area contributed by atoms with Crippen LogP contribution in [0.4, 0.5) is 5.95 Å². The van der Waals surface area contributed by atoms with Gasteiger partial charge in [-0.3, -0.25) is 0 Å². The van der Waals surface area contributed by atoms with Gasteiger partial charge in [0, 0.05) is 18.1 Å². The molecule has 2 rings (SSSR count). The molecule has 1 heterocycles. The second-order valence-electron chi connectivity index (χ2n) is 4.23. The number of sulfonamides is 1. The Kier molecular flexibility index (Phi) is 5.11. The summed E-state index contributed by atoms with van der Waals surface area (Å²) in [6, 6.07) is 6.99. The lowest BCUT2D eigenvalue weighted by Crippen LogP contribution is -2.23. The average molecular weight is 327 g/mol. The Labute approximate surface area is 128 Å². The molecule has 0 bridgehead atoms. The maximum Gasteiger partial charge on any atom is 0.243 e. The molecule has 0 radical (unpaired) electrons. The SMILES string of the molecule is CCNc1ncc(S(=O)(=O)NCc2cccc(Cl)c2)cn1. The van der Waals surface area contributed by atoms with Crippen molar-refractivity contribution in [3.05, 3.63) is 47.2 Å². The summed E-state index contributed by atoms with van der Waals surface area (Å²) >= 11 is 5.85. The van der Waals surface area contributed by atoms with Crippen molar-refractivity contribution in [2.75, 3.05) is 11.9 Å². The van der Waals surface area contributed by atoms with Gasteiger partial charge in [0.2, 0.25) is 16.0 Å². The van der Waals surface area contributed by atoms with Crippen LogP contribution in [0.3, 0.4) is 0 Å². The summed E-state index contributed by atoms with van der Waals surface area (Å²) in [4.78, 5) is 7.90. The van der Waals surface area contributed by atoms with Gasteiger partial charge in [-0.15, -0.1) is 0 Å². The topological polar surface area (TPSA) is 84.0 Å². The minimum absolute atomic E-state index is 0.0196. The van der Waals surface area contributed by atoms with E-state index in [9.17, 15) is 8.42 Å². The molecule has 6 nitrogen and oxygen atoms in total. The van der Waals surface area contributed by atoms with Crippen molar-refractivity contribution >= 4 is 27.6 Å². The average Bonchev–Trinajstić information content (AvgIpc) is 2.46. The van der Waals surface area contributed by atoms with Crippen molar-refractivity contribution in [2.45, 2.75) is 18.4 Å². The summed E-state index contributed by atoms with van der Waals surface area (Å²) in [5.41, 5.74) is 0.774. The smallest absolute Gasteiger partial charge is 0.243 e. The van der Waals surface area contributed by atoms with Gasteiger partial charge in [-0.05, 0) is 24.6 Å². The fraction of sp³-hybridized carbons (Fsp3) is 0.231. The normalized spacial score (nSPS) is 11.3. The molecule has 0 aliphatic heterocycles. The number of hydrogen-bond donors (Lipinski definition) is 2. The van der Waals surface area contributed by atoms with Crippen molar-refractivity contribution in [1.29, 1.82) is 0 Å². The second-order valence-corrected chi connectivity index (χ2v) is 6.43. The highest BCUT2D eigenvalue weighted by atomic mass is 35.5. The first kappa shape index (κ1) is 15.7. The predicted octanol–water partition coefficient (Wildman–Crippen LogP) is 2.04. The van der Waals surface area contributed by atoms with Gasteiger partial charge in [-0.1, -0.05) is 23.7 Å². The van der Waals surface area contributed by atoms with E-state index in [-0.39, 0.29) is 11.4 Å².